The van der Waals surface area contributed by atoms with Gasteiger partial charge in [-0.3, -0.25) is 4.79 Å². The molecular weight excluding hydrogens is 350 g/mol. The van der Waals surface area contributed by atoms with E-state index in [-0.39, 0.29) is 5.91 Å². The molecular formula is C23H29N3O2. The molecule has 0 saturated carbocycles. The first kappa shape index (κ1) is 19.8. The Morgan fingerprint density at radius 3 is 2.50 bits per heavy atom. The van der Waals surface area contributed by atoms with E-state index in [0.29, 0.717) is 6.42 Å². The van der Waals surface area contributed by atoms with Crippen LogP contribution in [0.2, 0.25) is 0 Å². The second kappa shape index (κ2) is 8.38. The Hall–Kier alpha value is -2.95. The molecule has 1 amide bonds. The van der Waals surface area contributed by atoms with Crippen LogP contribution in [0.5, 0.6) is 5.75 Å². The molecule has 0 atom stereocenters. The van der Waals surface area contributed by atoms with Crippen molar-refractivity contribution in [3.8, 4) is 5.75 Å². The van der Waals surface area contributed by atoms with Gasteiger partial charge in [0.25, 0.3) is 0 Å². The van der Waals surface area contributed by atoms with Gasteiger partial charge < -0.3 is 19.9 Å². The van der Waals surface area contributed by atoms with E-state index in [4.69, 9.17) is 4.74 Å². The fraction of sp³-hybridized carbons (Fsp3) is 0.348. The van der Waals surface area contributed by atoms with E-state index < -0.39 is 0 Å². The number of hydrogen-bond donors (Lipinski definition) is 2. The van der Waals surface area contributed by atoms with Gasteiger partial charge in [-0.25, -0.2) is 0 Å². The normalized spacial score (nSPS) is 10.9. The number of anilines is 2. The third-order valence-corrected chi connectivity index (χ3v) is 5.28. The Morgan fingerprint density at radius 2 is 1.86 bits per heavy atom. The van der Waals surface area contributed by atoms with E-state index in [1.54, 1.807) is 7.11 Å². The van der Waals surface area contributed by atoms with Crippen LogP contribution in [0, 0.1) is 13.8 Å². The number of ether oxygens (including phenoxy) is 1. The van der Waals surface area contributed by atoms with Gasteiger partial charge in [-0.1, -0.05) is 0 Å². The number of nitrogens with one attached hydrogen (secondary N) is 2. The monoisotopic (exact) mass is 379 g/mol. The van der Waals surface area contributed by atoms with Crippen LogP contribution >= 0.6 is 0 Å². The Kier molecular flexibility index (Phi) is 5.93. The largest absolute Gasteiger partial charge is 0.497 e. The topological polar surface area (TPSA) is 57.4 Å². The van der Waals surface area contributed by atoms with Crippen LogP contribution in [0.15, 0.2) is 36.4 Å². The molecule has 2 aromatic carbocycles. The zero-order chi connectivity index (χ0) is 20.3. The van der Waals surface area contributed by atoms with Crippen LogP contribution in [-0.4, -0.2) is 31.1 Å². The summed E-state index contributed by atoms with van der Waals surface area (Å²) in [5, 5.41) is 4.10. The number of aryl methyl sites for hydroxylation is 2. The number of fused-ring (bicyclic) bond motifs is 1. The van der Waals surface area contributed by atoms with Gasteiger partial charge in [0.1, 0.15) is 5.75 Å². The number of aromatic nitrogens is 1. The number of carbonyl (C=O) groups is 1. The number of nitrogens with zero attached hydrogens (tertiary/aromatic N) is 1. The number of amides is 1. The quantitative estimate of drug-likeness (QED) is 0.619. The second-order valence-corrected chi connectivity index (χ2v) is 7.04. The Balaban J connectivity index is 1.79. The third-order valence-electron chi connectivity index (χ3n) is 5.28. The molecule has 3 rings (SSSR count). The summed E-state index contributed by atoms with van der Waals surface area (Å²) in [5.41, 5.74) is 6.13. The summed E-state index contributed by atoms with van der Waals surface area (Å²) in [4.78, 5) is 18.4. The van der Waals surface area contributed by atoms with E-state index >= 15 is 0 Å². The first-order valence-electron chi connectivity index (χ1n) is 9.77. The summed E-state index contributed by atoms with van der Waals surface area (Å²) in [7, 11) is 1.65. The standard InChI is InChI=1S/C23H29N3O2/c1-6-26(7-2)17-8-10-21(15(3)12-17)25-23(27)14-19-16(4)24-22-11-9-18(28-5)13-20(19)22/h8-13,24H,6-7,14H2,1-5H3,(H,25,27). The lowest BCUT2D eigenvalue weighted by Crippen LogP contribution is -2.22. The first-order valence-corrected chi connectivity index (χ1v) is 9.77. The summed E-state index contributed by atoms with van der Waals surface area (Å²) < 4.78 is 5.33. The minimum Gasteiger partial charge on any atom is -0.497 e. The highest BCUT2D eigenvalue weighted by Gasteiger charge is 2.14. The fourth-order valence-corrected chi connectivity index (χ4v) is 3.64. The van der Waals surface area contributed by atoms with Crippen LogP contribution < -0.4 is 15.0 Å². The van der Waals surface area contributed by atoms with E-state index in [1.165, 1.54) is 5.69 Å². The van der Waals surface area contributed by atoms with Gasteiger partial charge in [0.15, 0.2) is 0 Å². The van der Waals surface area contributed by atoms with Gasteiger partial charge in [-0.05, 0) is 75.2 Å². The number of hydrogen-bond acceptors (Lipinski definition) is 3. The molecule has 2 N–H and O–H groups in total. The highest BCUT2D eigenvalue weighted by Crippen LogP contribution is 2.28. The molecule has 0 aliphatic heterocycles. The molecule has 0 aliphatic carbocycles. The van der Waals surface area contributed by atoms with Crippen molar-refractivity contribution in [2.75, 3.05) is 30.4 Å². The van der Waals surface area contributed by atoms with Gasteiger partial charge in [0.05, 0.1) is 13.5 Å². The molecule has 5 heteroatoms. The summed E-state index contributed by atoms with van der Waals surface area (Å²) >= 11 is 0. The lowest BCUT2D eigenvalue weighted by atomic mass is 10.1. The molecule has 0 aliphatic rings. The zero-order valence-corrected chi connectivity index (χ0v) is 17.3. The summed E-state index contributed by atoms with van der Waals surface area (Å²) in [6.07, 6.45) is 0.316. The van der Waals surface area contributed by atoms with Gasteiger partial charge >= 0.3 is 0 Å². The molecule has 28 heavy (non-hydrogen) atoms. The average Bonchev–Trinajstić information content (AvgIpc) is 2.99. The van der Waals surface area contributed by atoms with Crippen LogP contribution in [0.1, 0.15) is 30.7 Å². The Labute approximate surface area is 166 Å². The Bertz CT molecular complexity index is 987. The van der Waals surface area contributed by atoms with Crippen molar-refractivity contribution < 1.29 is 9.53 Å². The van der Waals surface area contributed by atoms with Crippen LogP contribution in [0.3, 0.4) is 0 Å². The molecule has 5 nitrogen and oxygen atoms in total. The lowest BCUT2D eigenvalue weighted by Gasteiger charge is -2.22. The maximum atomic E-state index is 12.7. The van der Waals surface area contributed by atoms with Crippen molar-refractivity contribution in [2.45, 2.75) is 34.1 Å². The molecule has 148 valence electrons. The van der Waals surface area contributed by atoms with Crippen molar-refractivity contribution in [1.82, 2.24) is 4.98 Å². The van der Waals surface area contributed by atoms with Crippen molar-refractivity contribution in [3.63, 3.8) is 0 Å². The van der Waals surface area contributed by atoms with E-state index in [0.717, 1.165) is 52.3 Å². The zero-order valence-electron chi connectivity index (χ0n) is 17.3. The Morgan fingerprint density at radius 1 is 1.11 bits per heavy atom. The summed E-state index contributed by atoms with van der Waals surface area (Å²) in [5.74, 6) is 0.765. The predicted molar refractivity (Wildman–Crippen MR) is 117 cm³/mol. The van der Waals surface area contributed by atoms with Gasteiger partial charge in [0, 0.05) is 41.1 Å². The lowest BCUT2D eigenvalue weighted by molar-refractivity contribution is -0.115. The number of carbonyl (C=O) groups excluding carboxylic acids is 1. The van der Waals surface area contributed by atoms with Crippen LogP contribution in [0.4, 0.5) is 11.4 Å². The number of benzene rings is 2. The number of H-pyrrole nitrogens is 1. The second-order valence-electron chi connectivity index (χ2n) is 7.04. The minimum atomic E-state index is -0.0227. The van der Waals surface area contributed by atoms with Crippen molar-refractivity contribution in [3.05, 3.63) is 53.2 Å². The van der Waals surface area contributed by atoms with Crippen molar-refractivity contribution >= 4 is 28.2 Å². The smallest absolute Gasteiger partial charge is 0.228 e. The molecule has 0 saturated heterocycles. The highest BCUT2D eigenvalue weighted by atomic mass is 16.5. The molecule has 0 spiro atoms. The van der Waals surface area contributed by atoms with Crippen molar-refractivity contribution in [1.29, 1.82) is 0 Å². The van der Waals surface area contributed by atoms with Gasteiger partial charge in [0.2, 0.25) is 5.91 Å². The minimum absolute atomic E-state index is 0.0227. The molecule has 1 aromatic heterocycles. The first-order chi connectivity index (χ1) is 13.5. The predicted octanol–water partition coefficient (Wildman–Crippen LogP) is 4.82. The fourth-order valence-electron chi connectivity index (χ4n) is 3.64. The van der Waals surface area contributed by atoms with Gasteiger partial charge in [-0.15, -0.1) is 0 Å². The molecule has 3 aromatic rings. The third kappa shape index (κ3) is 3.98. The van der Waals surface area contributed by atoms with E-state index in [2.05, 4.69) is 41.2 Å². The summed E-state index contributed by atoms with van der Waals surface area (Å²) in [6.45, 7) is 10.2. The molecule has 0 unspecified atom stereocenters. The van der Waals surface area contributed by atoms with Gasteiger partial charge in [-0.2, -0.15) is 0 Å². The maximum Gasteiger partial charge on any atom is 0.228 e. The number of methoxy groups -OCH3 is 1. The number of rotatable bonds is 7. The van der Waals surface area contributed by atoms with Crippen molar-refractivity contribution in [2.24, 2.45) is 0 Å². The molecule has 0 bridgehead atoms. The van der Waals surface area contributed by atoms with Crippen LogP contribution in [0.25, 0.3) is 10.9 Å². The van der Waals surface area contributed by atoms with Crippen LogP contribution in [-0.2, 0) is 11.2 Å². The maximum absolute atomic E-state index is 12.7. The number of aromatic amines is 1. The van der Waals surface area contributed by atoms with E-state index in [1.807, 2.05) is 38.1 Å². The van der Waals surface area contributed by atoms with E-state index in [9.17, 15) is 4.79 Å². The SMILES string of the molecule is CCN(CC)c1ccc(NC(=O)Cc2c(C)[nH]c3ccc(OC)cc23)c(C)c1. The molecule has 0 fully saturated rings. The molecule has 0 radical (unpaired) electrons. The average molecular weight is 380 g/mol. The molecule has 1 heterocycles. The highest BCUT2D eigenvalue weighted by molar-refractivity contribution is 5.97. The summed E-state index contributed by atoms with van der Waals surface area (Å²) in [6, 6.07) is 12.1.